The Morgan fingerprint density at radius 1 is 1.24 bits per heavy atom. The standard InChI is InChI=1S/C24H44N2O8/c1-8-16-18(27)21(28)26(7)10-9-24(4,30)12-13(2)19(14(3)22(29)31-16)32-17-11-15(25(5)6)20-23(33-17)34-20/h13-21,23,27-28,30H,8-12H2,1-7H3/t13-,14?,15?,16-,17-,18?,19+,20?,21?,23-,24-/m1/s1. The number of likely N-dealkylation sites (N-methyl/N-ethyl adjacent to an activating group) is 2. The van der Waals surface area contributed by atoms with Gasteiger partial charge in [-0.3, -0.25) is 9.69 Å². The molecule has 0 saturated carbocycles. The molecule has 0 aromatic carbocycles. The second-order valence-corrected chi connectivity index (χ2v) is 10.9. The third-order valence-corrected chi connectivity index (χ3v) is 7.55. The summed E-state index contributed by atoms with van der Waals surface area (Å²) in [5.41, 5.74) is -1.06. The number of hydrogen-bond donors (Lipinski definition) is 3. The Bertz CT molecular complexity index is 692. The lowest BCUT2D eigenvalue weighted by molar-refractivity contribution is -0.230. The molecule has 3 fully saturated rings. The van der Waals surface area contributed by atoms with Crippen molar-refractivity contribution in [3.05, 3.63) is 0 Å². The minimum absolute atomic E-state index is 0.0330. The molecule has 3 aliphatic rings. The van der Waals surface area contributed by atoms with E-state index in [1.165, 1.54) is 0 Å². The fourth-order valence-electron chi connectivity index (χ4n) is 5.24. The molecule has 198 valence electrons. The monoisotopic (exact) mass is 488 g/mol. The molecule has 0 aliphatic carbocycles. The number of rotatable bonds is 4. The molecule has 0 radical (unpaired) electrons. The highest BCUT2D eigenvalue weighted by Gasteiger charge is 2.54. The number of ether oxygens (including phenoxy) is 4. The molecule has 3 heterocycles. The zero-order valence-electron chi connectivity index (χ0n) is 21.6. The summed E-state index contributed by atoms with van der Waals surface area (Å²) in [6, 6.07) is 0.149. The minimum atomic E-state index is -1.28. The van der Waals surface area contributed by atoms with Crippen molar-refractivity contribution in [1.29, 1.82) is 0 Å². The van der Waals surface area contributed by atoms with Crippen LogP contribution in [0, 0.1) is 11.8 Å². The van der Waals surface area contributed by atoms with Gasteiger partial charge in [0.25, 0.3) is 0 Å². The molecule has 0 bridgehead atoms. The van der Waals surface area contributed by atoms with Gasteiger partial charge in [0.05, 0.1) is 17.6 Å². The van der Waals surface area contributed by atoms with Gasteiger partial charge in [-0.2, -0.15) is 0 Å². The SMILES string of the molecule is CC[C@H]1OC(=O)C(C)[C@@H](O[C@H]2CC(N(C)C)C3O[C@H]3O2)[C@H](C)C[C@](C)(O)CCN(C)C(O)C1O. The predicted octanol–water partition coefficient (Wildman–Crippen LogP) is 0.523. The van der Waals surface area contributed by atoms with Crippen molar-refractivity contribution in [1.82, 2.24) is 9.80 Å². The Kier molecular flexibility index (Phi) is 9.01. The van der Waals surface area contributed by atoms with Crippen LogP contribution in [0.2, 0.25) is 0 Å². The highest BCUT2D eigenvalue weighted by Crippen LogP contribution is 2.39. The molecule has 0 aromatic rings. The molecule has 10 heteroatoms. The number of aliphatic hydroxyl groups excluding tert-OH is 2. The first-order valence-corrected chi connectivity index (χ1v) is 12.5. The van der Waals surface area contributed by atoms with Crippen LogP contribution < -0.4 is 0 Å². The fraction of sp³-hybridized carbons (Fsp3) is 0.958. The van der Waals surface area contributed by atoms with Crippen molar-refractivity contribution >= 4 is 5.97 Å². The van der Waals surface area contributed by atoms with Gasteiger partial charge < -0.3 is 39.2 Å². The highest BCUT2D eigenvalue weighted by atomic mass is 16.8. The molecular weight excluding hydrogens is 444 g/mol. The first-order chi connectivity index (χ1) is 15.8. The Balaban J connectivity index is 1.83. The van der Waals surface area contributed by atoms with Crippen LogP contribution >= 0.6 is 0 Å². The van der Waals surface area contributed by atoms with E-state index in [0.717, 1.165) is 0 Å². The van der Waals surface area contributed by atoms with Crippen molar-refractivity contribution in [2.45, 2.75) is 108 Å². The van der Waals surface area contributed by atoms with Crippen molar-refractivity contribution in [2.24, 2.45) is 11.8 Å². The summed E-state index contributed by atoms with van der Waals surface area (Å²) in [5, 5.41) is 32.4. The summed E-state index contributed by atoms with van der Waals surface area (Å²) in [7, 11) is 5.66. The molecule has 0 spiro atoms. The maximum atomic E-state index is 13.2. The van der Waals surface area contributed by atoms with E-state index in [2.05, 4.69) is 4.90 Å². The quantitative estimate of drug-likeness (QED) is 0.381. The lowest BCUT2D eigenvalue weighted by Crippen LogP contribution is -2.49. The average Bonchev–Trinajstić information content (AvgIpc) is 3.55. The number of epoxide rings is 1. The van der Waals surface area contributed by atoms with E-state index < -0.39 is 48.3 Å². The summed E-state index contributed by atoms with van der Waals surface area (Å²) in [6.45, 7) is 7.59. The van der Waals surface area contributed by atoms with Crippen LogP contribution in [0.3, 0.4) is 0 Å². The number of fused-ring (bicyclic) bond motifs is 1. The first-order valence-electron chi connectivity index (χ1n) is 12.5. The Hall–Kier alpha value is -0.850. The maximum absolute atomic E-state index is 13.2. The van der Waals surface area contributed by atoms with Crippen molar-refractivity contribution in [2.75, 3.05) is 27.7 Å². The van der Waals surface area contributed by atoms with Gasteiger partial charge >= 0.3 is 5.97 Å². The van der Waals surface area contributed by atoms with Crippen LogP contribution in [0.25, 0.3) is 0 Å². The van der Waals surface area contributed by atoms with Gasteiger partial charge in [0, 0.05) is 19.0 Å². The summed E-state index contributed by atoms with van der Waals surface area (Å²) in [5.74, 6) is -1.39. The molecule has 3 rings (SSSR count). The van der Waals surface area contributed by atoms with Gasteiger partial charge in [0.2, 0.25) is 0 Å². The van der Waals surface area contributed by atoms with E-state index in [1.807, 2.05) is 21.0 Å². The van der Waals surface area contributed by atoms with Gasteiger partial charge in [0.1, 0.15) is 24.5 Å². The topological polar surface area (TPSA) is 124 Å². The third-order valence-electron chi connectivity index (χ3n) is 7.55. The van der Waals surface area contributed by atoms with E-state index >= 15 is 0 Å². The van der Waals surface area contributed by atoms with E-state index in [-0.39, 0.29) is 24.4 Å². The zero-order valence-corrected chi connectivity index (χ0v) is 21.6. The largest absolute Gasteiger partial charge is 0.459 e. The molecule has 3 N–H and O–H groups in total. The summed E-state index contributed by atoms with van der Waals surface area (Å²) in [6.07, 6.45) is -3.07. The number of carbonyl (C=O) groups is 1. The lowest BCUT2D eigenvalue weighted by atomic mass is 9.83. The minimum Gasteiger partial charge on any atom is -0.459 e. The van der Waals surface area contributed by atoms with Gasteiger partial charge in [-0.25, -0.2) is 0 Å². The number of carbonyl (C=O) groups excluding carboxylic acids is 1. The molecule has 0 amide bonds. The molecule has 10 nitrogen and oxygen atoms in total. The summed E-state index contributed by atoms with van der Waals surface area (Å²) >= 11 is 0. The van der Waals surface area contributed by atoms with Gasteiger partial charge in [0.15, 0.2) is 12.6 Å². The Morgan fingerprint density at radius 3 is 2.53 bits per heavy atom. The zero-order chi connectivity index (χ0) is 25.4. The van der Waals surface area contributed by atoms with Crippen LogP contribution in [0.15, 0.2) is 0 Å². The number of cyclic esters (lactones) is 1. The summed E-state index contributed by atoms with van der Waals surface area (Å²) in [4.78, 5) is 16.8. The highest BCUT2D eigenvalue weighted by molar-refractivity contribution is 5.73. The number of esters is 1. The van der Waals surface area contributed by atoms with Crippen LogP contribution in [0.4, 0.5) is 0 Å². The second-order valence-electron chi connectivity index (χ2n) is 10.9. The van der Waals surface area contributed by atoms with Crippen LogP contribution in [0.5, 0.6) is 0 Å². The number of nitrogens with zero attached hydrogens (tertiary/aromatic N) is 2. The van der Waals surface area contributed by atoms with Crippen LogP contribution in [-0.4, -0.2) is 114 Å². The number of aliphatic hydroxyl groups is 3. The van der Waals surface area contributed by atoms with Gasteiger partial charge in [-0.05, 0) is 60.2 Å². The van der Waals surface area contributed by atoms with Gasteiger partial charge in [-0.15, -0.1) is 0 Å². The van der Waals surface area contributed by atoms with Crippen molar-refractivity contribution in [3.8, 4) is 0 Å². The molecule has 5 unspecified atom stereocenters. The molecular formula is C24H44N2O8. The lowest BCUT2D eigenvalue weighted by Gasteiger charge is -2.38. The van der Waals surface area contributed by atoms with Gasteiger partial charge in [-0.1, -0.05) is 13.8 Å². The maximum Gasteiger partial charge on any atom is 0.311 e. The van der Waals surface area contributed by atoms with E-state index in [0.29, 0.717) is 32.2 Å². The fourth-order valence-corrected chi connectivity index (χ4v) is 5.24. The molecule has 3 saturated heterocycles. The molecule has 0 aromatic heterocycles. The first kappa shape index (κ1) is 27.7. The molecule has 11 atom stereocenters. The number of hydrogen-bond acceptors (Lipinski definition) is 10. The van der Waals surface area contributed by atoms with Crippen LogP contribution in [0.1, 0.15) is 53.4 Å². The van der Waals surface area contributed by atoms with Crippen LogP contribution in [-0.2, 0) is 23.7 Å². The Morgan fingerprint density at radius 2 is 1.91 bits per heavy atom. The second kappa shape index (κ2) is 11.0. The smallest absolute Gasteiger partial charge is 0.311 e. The Labute approximate surface area is 203 Å². The normalized spacial score (nSPS) is 47.2. The average molecular weight is 489 g/mol. The summed E-state index contributed by atoms with van der Waals surface area (Å²) < 4.78 is 23.7. The predicted molar refractivity (Wildman–Crippen MR) is 123 cm³/mol. The van der Waals surface area contributed by atoms with E-state index in [9.17, 15) is 20.1 Å². The van der Waals surface area contributed by atoms with Crippen molar-refractivity contribution < 1.29 is 39.1 Å². The van der Waals surface area contributed by atoms with E-state index in [1.54, 1.807) is 32.7 Å². The van der Waals surface area contributed by atoms with Crippen molar-refractivity contribution in [3.63, 3.8) is 0 Å². The molecule has 3 aliphatic heterocycles. The third kappa shape index (κ3) is 6.47. The molecule has 34 heavy (non-hydrogen) atoms. The van der Waals surface area contributed by atoms with E-state index in [4.69, 9.17) is 18.9 Å².